The first-order chi connectivity index (χ1) is 13.0. The van der Waals surface area contributed by atoms with Crippen LogP contribution in [0.1, 0.15) is 39.5 Å². The Hall–Kier alpha value is -2.57. The fourth-order valence-electron chi connectivity index (χ4n) is 3.18. The first kappa shape index (κ1) is 20.7. The third-order valence-corrected chi connectivity index (χ3v) is 4.99. The maximum atomic E-state index is 9.59. The zero-order valence-corrected chi connectivity index (χ0v) is 16.7. The number of benzene rings is 1. The summed E-state index contributed by atoms with van der Waals surface area (Å²) in [4.78, 5) is 11.9. The first-order valence-electron chi connectivity index (χ1n) is 9.44. The van der Waals surface area contributed by atoms with Crippen molar-refractivity contribution in [1.82, 2.24) is 10.2 Å². The Morgan fingerprint density at radius 3 is 2.30 bits per heavy atom. The van der Waals surface area contributed by atoms with Crippen molar-refractivity contribution in [3.8, 4) is 11.5 Å². The number of methoxy groups -OCH3 is 2. The molecule has 0 unspecified atom stereocenters. The predicted octanol–water partition coefficient (Wildman–Crippen LogP) is 3.16. The molecule has 1 aromatic heterocycles. The van der Waals surface area contributed by atoms with Crippen LogP contribution in [-0.2, 0) is 4.79 Å². The molecule has 2 aromatic rings. The summed E-state index contributed by atoms with van der Waals surface area (Å²) in [6.07, 6.45) is 5.93. The number of aromatic nitrogens is 2. The average molecular weight is 374 g/mol. The highest BCUT2D eigenvalue weighted by atomic mass is 16.5. The van der Waals surface area contributed by atoms with Gasteiger partial charge < -0.3 is 20.1 Å². The summed E-state index contributed by atoms with van der Waals surface area (Å²) < 4.78 is 10.8. The molecule has 1 aliphatic rings. The molecule has 1 aromatic carbocycles. The van der Waals surface area contributed by atoms with Crippen molar-refractivity contribution < 1.29 is 14.3 Å². The topological polar surface area (TPSA) is 90.6 Å². The number of ether oxygens (including phenoxy) is 2. The van der Waals surface area contributed by atoms with Crippen LogP contribution in [0.25, 0.3) is 10.8 Å². The van der Waals surface area contributed by atoms with E-state index in [9.17, 15) is 4.79 Å². The molecule has 0 spiro atoms. The van der Waals surface area contributed by atoms with Gasteiger partial charge in [-0.2, -0.15) is 5.10 Å². The van der Waals surface area contributed by atoms with Gasteiger partial charge in [-0.25, -0.2) is 0 Å². The number of carbonyl (C=O) groups is 1. The monoisotopic (exact) mass is 374 g/mol. The Labute approximate surface area is 160 Å². The molecule has 0 radical (unpaired) electrons. The van der Waals surface area contributed by atoms with Gasteiger partial charge in [-0.15, -0.1) is 5.10 Å². The second-order valence-corrected chi connectivity index (χ2v) is 6.62. The highest BCUT2D eigenvalue weighted by molar-refractivity contribution is 5.94. The maximum absolute atomic E-state index is 9.59. The number of nitrogens with two attached hydrogens (primary N) is 1. The number of piperidine rings is 1. The fraction of sp³-hybridized carbons (Fsp3) is 0.550. The van der Waals surface area contributed by atoms with Gasteiger partial charge in [0.15, 0.2) is 17.3 Å². The van der Waals surface area contributed by atoms with Crippen molar-refractivity contribution in [1.29, 1.82) is 0 Å². The first-order valence-corrected chi connectivity index (χ1v) is 9.44. The van der Waals surface area contributed by atoms with Gasteiger partial charge in [-0.1, -0.05) is 20.3 Å². The van der Waals surface area contributed by atoms with Gasteiger partial charge in [0.05, 0.1) is 20.4 Å². The standard InChI is InChI=1S/C17H23N3O2.C3H7NO/c1-4-12-5-7-20(8-6-12)17-14-10-16(22-3)15(21-2)9-13(14)11-18-19-17;1-2-3(4)5/h9-12H,4-8H2,1-3H3;2H2,1H3,(H2,4,5). The van der Waals surface area contributed by atoms with E-state index in [1.165, 1.54) is 19.3 Å². The van der Waals surface area contributed by atoms with Crippen LogP contribution in [0.2, 0.25) is 0 Å². The summed E-state index contributed by atoms with van der Waals surface area (Å²) in [5.74, 6) is 3.00. The largest absolute Gasteiger partial charge is 0.493 e. The van der Waals surface area contributed by atoms with Crippen molar-refractivity contribution in [2.45, 2.75) is 39.5 Å². The lowest BCUT2D eigenvalue weighted by atomic mass is 9.94. The average Bonchev–Trinajstić information content (AvgIpc) is 2.72. The third kappa shape index (κ3) is 5.21. The highest BCUT2D eigenvalue weighted by Gasteiger charge is 2.21. The third-order valence-electron chi connectivity index (χ3n) is 4.99. The summed E-state index contributed by atoms with van der Waals surface area (Å²) in [5.41, 5.74) is 4.65. The molecule has 27 heavy (non-hydrogen) atoms. The SMILES string of the molecule is CCC(N)=O.CCC1CCN(c2nncc3cc(OC)c(OC)cc23)CC1. The molecule has 1 saturated heterocycles. The van der Waals surface area contributed by atoms with E-state index in [0.29, 0.717) is 6.42 Å². The van der Waals surface area contributed by atoms with Crippen LogP contribution in [0.3, 0.4) is 0 Å². The van der Waals surface area contributed by atoms with Crippen molar-refractivity contribution in [2.24, 2.45) is 11.7 Å². The van der Waals surface area contributed by atoms with Crippen molar-refractivity contribution in [3.05, 3.63) is 18.3 Å². The Morgan fingerprint density at radius 1 is 1.19 bits per heavy atom. The summed E-state index contributed by atoms with van der Waals surface area (Å²) >= 11 is 0. The number of carbonyl (C=O) groups excluding carboxylic acids is 1. The lowest BCUT2D eigenvalue weighted by molar-refractivity contribution is -0.117. The quantitative estimate of drug-likeness (QED) is 0.864. The number of amides is 1. The van der Waals surface area contributed by atoms with Crippen LogP contribution in [0.4, 0.5) is 5.82 Å². The van der Waals surface area contributed by atoms with E-state index in [1.54, 1.807) is 27.3 Å². The Bertz CT molecular complexity index is 758. The van der Waals surface area contributed by atoms with Gasteiger partial charge in [-0.05, 0) is 30.9 Å². The Morgan fingerprint density at radius 2 is 1.78 bits per heavy atom. The predicted molar refractivity (Wildman–Crippen MR) is 107 cm³/mol. The number of primary amides is 1. The van der Waals surface area contributed by atoms with E-state index in [1.807, 2.05) is 12.1 Å². The lowest BCUT2D eigenvalue weighted by Gasteiger charge is -2.32. The number of nitrogens with zero attached hydrogens (tertiary/aromatic N) is 3. The molecule has 1 aliphatic heterocycles. The van der Waals surface area contributed by atoms with Crippen molar-refractivity contribution >= 4 is 22.5 Å². The highest BCUT2D eigenvalue weighted by Crippen LogP contribution is 2.36. The fourth-order valence-corrected chi connectivity index (χ4v) is 3.18. The number of fused-ring (bicyclic) bond motifs is 1. The maximum Gasteiger partial charge on any atom is 0.217 e. The van der Waals surface area contributed by atoms with Crippen LogP contribution in [0.5, 0.6) is 11.5 Å². The van der Waals surface area contributed by atoms with Gasteiger partial charge in [0, 0.05) is 30.3 Å². The zero-order valence-electron chi connectivity index (χ0n) is 16.7. The van der Waals surface area contributed by atoms with Crippen molar-refractivity contribution in [2.75, 3.05) is 32.2 Å². The second kappa shape index (κ2) is 9.94. The number of rotatable bonds is 5. The van der Waals surface area contributed by atoms with Gasteiger partial charge in [0.25, 0.3) is 0 Å². The molecule has 7 heteroatoms. The molecule has 148 valence electrons. The van der Waals surface area contributed by atoms with E-state index in [4.69, 9.17) is 9.47 Å². The zero-order chi connectivity index (χ0) is 19.8. The molecule has 0 aliphatic carbocycles. The van der Waals surface area contributed by atoms with Gasteiger partial charge >= 0.3 is 0 Å². The number of anilines is 1. The Balaban J connectivity index is 0.000000465. The molecule has 0 saturated carbocycles. The molecule has 1 amide bonds. The van der Waals surface area contributed by atoms with Gasteiger partial charge in [0.2, 0.25) is 5.91 Å². The lowest BCUT2D eigenvalue weighted by Crippen LogP contribution is -2.34. The summed E-state index contributed by atoms with van der Waals surface area (Å²) in [6.45, 7) is 6.08. The molecule has 1 fully saturated rings. The van der Waals surface area contributed by atoms with E-state index in [0.717, 1.165) is 47.1 Å². The minimum Gasteiger partial charge on any atom is -0.493 e. The number of hydrogen-bond donors (Lipinski definition) is 1. The molecule has 2 N–H and O–H groups in total. The molecule has 3 rings (SSSR count). The second-order valence-electron chi connectivity index (χ2n) is 6.62. The minimum absolute atomic E-state index is 0.245. The smallest absolute Gasteiger partial charge is 0.217 e. The van der Waals surface area contributed by atoms with Crippen LogP contribution >= 0.6 is 0 Å². The number of hydrogen-bond acceptors (Lipinski definition) is 6. The normalized spacial score (nSPS) is 14.4. The van der Waals surface area contributed by atoms with Crippen LogP contribution in [-0.4, -0.2) is 43.4 Å². The summed E-state index contributed by atoms with van der Waals surface area (Å²) in [6, 6.07) is 3.97. The van der Waals surface area contributed by atoms with E-state index >= 15 is 0 Å². The van der Waals surface area contributed by atoms with E-state index in [-0.39, 0.29) is 5.91 Å². The van der Waals surface area contributed by atoms with Gasteiger partial charge in [-0.3, -0.25) is 4.79 Å². The van der Waals surface area contributed by atoms with Gasteiger partial charge in [0.1, 0.15) is 0 Å². The molecule has 7 nitrogen and oxygen atoms in total. The Kier molecular flexibility index (Phi) is 7.64. The summed E-state index contributed by atoms with van der Waals surface area (Å²) in [7, 11) is 3.31. The molecular formula is C20H30N4O3. The summed E-state index contributed by atoms with van der Waals surface area (Å²) in [5, 5.41) is 10.7. The van der Waals surface area contributed by atoms with Crippen molar-refractivity contribution in [3.63, 3.8) is 0 Å². The molecule has 0 bridgehead atoms. The van der Waals surface area contributed by atoms with E-state index < -0.39 is 0 Å². The minimum atomic E-state index is -0.245. The molecular weight excluding hydrogens is 344 g/mol. The van der Waals surface area contributed by atoms with Crippen LogP contribution in [0, 0.1) is 5.92 Å². The van der Waals surface area contributed by atoms with Crippen LogP contribution in [0.15, 0.2) is 18.3 Å². The van der Waals surface area contributed by atoms with E-state index in [2.05, 4.69) is 27.8 Å². The molecule has 2 heterocycles. The van der Waals surface area contributed by atoms with Crippen LogP contribution < -0.4 is 20.1 Å². The molecule has 0 atom stereocenters.